The van der Waals surface area contributed by atoms with Crippen molar-refractivity contribution in [1.82, 2.24) is 0 Å². The number of carbonyl (C=O) groups is 1. The van der Waals surface area contributed by atoms with E-state index >= 15 is 0 Å². The van der Waals surface area contributed by atoms with Gasteiger partial charge in [-0.25, -0.2) is 0 Å². The number of aliphatic hydroxyl groups is 1. The Hall–Kier alpha value is -0.870. The molecule has 0 fully saturated rings. The highest BCUT2D eigenvalue weighted by molar-refractivity contribution is 9.10. The number of amides is 1. The zero-order valence-electron chi connectivity index (χ0n) is 9.67. The molecule has 0 aliphatic carbocycles. The fraction of sp³-hybridized carbons (Fsp3) is 0.417. The number of hydrogen-bond acceptors (Lipinski definition) is 2. The summed E-state index contributed by atoms with van der Waals surface area (Å²) in [6.45, 7) is 5.57. The molecule has 2 N–H and O–H groups in total. The number of nitrogens with one attached hydrogen (secondary N) is 1. The Kier molecular flexibility index (Phi) is 4.10. The third kappa shape index (κ3) is 3.32. The maximum Gasteiger partial charge on any atom is 0.229 e. The van der Waals surface area contributed by atoms with E-state index in [1.807, 2.05) is 20.8 Å². The first-order valence-electron chi connectivity index (χ1n) is 5.05. The van der Waals surface area contributed by atoms with Gasteiger partial charge in [-0.1, -0.05) is 26.8 Å². The van der Waals surface area contributed by atoms with Crippen molar-refractivity contribution in [3.63, 3.8) is 0 Å². The summed E-state index contributed by atoms with van der Waals surface area (Å²) in [5.41, 5.74) is 1.10. The first-order valence-corrected chi connectivity index (χ1v) is 5.84. The van der Waals surface area contributed by atoms with Crippen molar-refractivity contribution < 1.29 is 9.90 Å². The molecule has 0 radical (unpaired) electrons. The minimum Gasteiger partial charge on any atom is -0.392 e. The highest BCUT2D eigenvalue weighted by Crippen LogP contribution is 2.25. The molecule has 1 aromatic carbocycles. The first kappa shape index (κ1) is 13.2. The van der Waals surface area contributed by atoms with E-state index in [0.29, 0.717) is 0 Å². The van der Waals surface area contributed by atoms with E-state index in [-0.39, 0.29) is 12.5 Å². The van der Waals surface area contributed by atoms with Gasteiger partial charge in [0.05, 0.1) is 12.3 Å². The van der Waals surface area contributed by atoms with E-state index in [1.165, 1.54) is 0 Å². The predicted octanol–water partition coefficient (Wildman–Crippen LogP) is 2.93. The molecule has 0 bridgehead atoms. The molecule has 0 aliphatic heterocycles. The highest BCUT2D eigenvalue weighted by Gasteiger charge is 2.21. The second-order valence-electron chi connectivity index (χ2n) is 4.68. The fourth-order valence-electron chi connectivity index (χ4n) is 1.07. The minimum absolute atomic E-state index is 0.00784. The Morgan fingerprint density at radius 1 is 1.44 bits per heavy atom. The monoisotopic (exact) mass is 285 g/mol. The van der Waals surface area contributed by atoms with Gasteiger partial charge < -0.3 is 10.4 Å². The number of hydrogen-bond donors (Lipinski definition) is 2. The number of rotatable bonds is 2. The second-order valence-corrected chi connectivity index (χ2v) is 5.53. The lowest BCUT2D eigenvalue weighted by atomic mass is 9.95. The molecule has 0 aromatic heterocycles. The molecule has 1 aromatic rings. The number of benzene rings is 1. The van der Waals surface area contributed by atoms with Gasteiger partial charge in [0.2, 0.25) is 5.91 Å². The van der Waals surface area contributed by atoms with Gasteiger partial charge in [0.1, 0.15) is 0 Å². The summed E-state index contributed by atoms with van der Waals surface area (Å²) in [5, 5.41) is 11.8. The van der Waals surface area contributed by atoms with Gasteiger partial charge in [-0.05, 0) is 33.6 Å². The van der Waals surface area contributed by atoms with E-state index in [1.54, 1.807) is 18.2 Å². The lowest BCUT2D eigenvalue weighted by Gasteiger charge is -2.18. The molecular weight excluding hydrogens is 270 g/mol. The van der Waals surface area contributed by atoms with Crippen LogP contribution in [-0.4, -0.2) is 11.0 Å². The van der Waals surface area contributed by atoms with Gasteiger partial charge in [-0.15, -0.1) is 0 Å². The molecule has 1 amide bonds. The number of halogens is 1. The molecule has 88 valence electrons. The Morgan fingerprint density at radius 3 is 2.50 bits per heavy atom. The van der Waals surface area contributed by atoms with Crippen molar-refractivity contribution in [2.24, 2.45) is 5.41 Å². The van der Waals surface area contributed by atoms with Crippen LogP contribution in [0.1, 0.15) is 26.3 Å². The van der Waals surface area contributed by atoms with E-state index in [9.17, 15) is 4.79 Å². The minimum atomic E-state index is -0.422. The summed E-state index contributed by atoms with van der Waals surface area (Å²) in [4.78, 5) is 11.8. The van der Waals surface area contributed by atoms with Crippen molar-refractivity contribution >= 4 is 27.5 Å². The van der Waals surface area contributed by atoms with Crippen molar-refractivity contribution in [3.8, 4) is 0 Å². The summed E-state index contributed by atoms with van der Waals surface area (Å²) >= 11 is 3.36. The van der Waals surface area contributed by atoms with Crippen LogP contribution in [0.2, 0.25) is 0 Å². The van der Waals surface area contributed by atoms with Crippen LogP contribution < -0.4 is 5.32 Å². The molecule has 4 heteroatoms. The first-order chi connectivity index (χ1) is 7.34. The summed E-state index contributed by atoms with van der Waals surface area (Å²) < 4.78 is 0.775. The SMILES string of the molecule is CC(C)(C)C(=O)Nc1ccc(CO)cc1Br. The van der Waals surface area contributed by atoms with Crippen molar-refractivity contribution in [1.29, 1.82) is 0 Å². The Bertz CT molecular complexity index is 396. The number of anilines is 1. The molecule has 0 aliphatic rings. The van der Waals surface area contributed by atoms with Crippen LogP contribution in [0, 0.1) is 5.41 Å². The van der Waals surface area contributed by atoms with E-state index in [4.69, 9.17) is 5.11 Å². The smallest absolute Gasteiger partial charge is 0.229 e. The molecule has 16 heavy (non-hydrogen) atoms. The molecule has 0 saturated heterocycles. The van der Waals surface area contributed by atoms with Crippen LogP contribution in [0.25, 0.3) is 0 Å². The maximum absolute atomic E-state index is 11.8. The lowest BCUT2D eigenvalue weighted by Crippen LogP contribution is -2.27. The molecular formula is C12H16BrNO2. The second kappa shape index (κ2) is 4.97. The molecule has 3 nitrogen and oxygen atoms in total. The predicted molar refractivity (Wildman–Crippen MR) is 68.1 cm³/mol. The maximum atomic E-state index is 11.8. The van der Waals surface area contributed by atoms with Gasteiger partial charge in [-0.3, -0.25) is 4.79 Å². The zero-order chi connectivity index (χ0) is 12.3. The number of carbonyl (C=O) groups excluding carboxylic acids is 1. The van der Waals surface area contributed by atoms with E-state index in [2.05, 4.69) is 21.2 Å². The lowest BCUT2D eigenvalue weighted by molar-refractivity contribution is -0.123. The molecule has 0 saturated carbocycles. The van der Waals surface area contributed by atoms with Crippen LogP contribution >= 0.6 is 15.9 Å². The summed E-state index contributed by atoms with van der Waals surface area (Å²) in [6, 6.07) is 5.35. The van der Waals surface area contributed by atoms with Crippen molar-refractivity contribution in [2.75, 3.05) is 5.32 Å². The Labute approximate surface area is 104 Å². The normalized spacial score (nSPS) is 11.3. The van der Waals surface area contributed by atoms with E-state index < -0.39 is 5.41 Å². The molecule has 0 unspecified atom stereocenters. The summed E-state index contributed by atoms with van der Waals surface area (Å²) in [7, 11) is 0. The molecule has 0 spiro atoms. The van der Waals surface area contributed by atoms with Gasteiger partial charge in [-0.2, -0.15) is 0 Å². The molecule has 0 atom stereocenters. The van der Waals surface area contributed by atoms with Crippen LogP contribution in [0.5, 0.6) is 0 Å². The summed E-state index contributed by atoms with van der Waals surface area (Å²) in [6.07, 6.45) is 0. The zero-order valence-corrected chi connectivity index (χ0v) is 11.3. The average molecular weight is 286 g/mol. The Morgan fingerprint density at radius 2 is 2.06 bits per heavy atom. The van der Waals surface area contributed by atoms with Gasteiger partial charge in [0.15, 0.2) is 0 Å². The fourth-order valence-corrected chi connectivity index (χ4v) is 1.59. The standard InChI is InChI=1S/C12H16BrNO2/c1-12(2,3)11(16)14-10-5-4-8(7-15)6-9(10)13/h4-6,15H,7H2,1-3H3,(H,14,16). The number of aliphatic hydroxyl groups excluding tert-OH is 1. The van der Waals surface area contributed by atoms with Crippen molar-refractivity contribution in [2.45, 2.75) is 27.4 Å². The quantitative estimate of drug-likeness (QED) is 0.878. The van der Waals surface area contributed by atoms with Gasteiger partial charge in [0, 0.05) is 9.89 Å². The van der Waals surface area contributed by atoms with Crippen LogP contribution in [0.15, 0.2) is 22.7 Å². The van der Waals surface area contributed by atoms with Crippen molar-refractivity contribution in [3.05, 3.63) is 28.2 Å². The largest absolute Gasteiger partial charge is 0.392 e. The Balaban J connectivity index is 2.87. The summed E-state index contributed by atoms with van der Waals surface area (Å²) in [5.74, 6) is -0.0371. The van der Waals surface area contributed by atoms with Crippen LogP contribution in [0.3, 0.4) is 0 Å². The van der Waals surface area contributed by atoms with Gasteiger partial charge >= 0.3 is 0 Å². The third-order valence-electron chi connectivity index (χ3n) is 2.15. The van der Waals surface area contributed by atoms with Crippen LogP contribution in [0.4, 0.5) is 5.69 Å². The van der Waals surface area contributed by atoms with Crippen LogP contribution in [-0.2, 0) is 11.4 Å². The third-order valence-corrected chi connectivity index (χ3v) is 2.80. The van der Waals surface area contributed by atoms with E-state index in [0.717, 1.165) is 15.7 Å². The molecule has 0 heterocycles. The molecule has 1 rings (SSSR count). The topological polar surface area (TPSA) is 49.3 Å². The highest BCUT2D eigenvalue weighted by atomic mass is 79.9. The van der Waals surface area contributed by atoms with Gasteiger partial charge in [0.25, 0.3) is 0 Å². The average Bonchev–Trinajstić information content (AvgIpc) is 2.19.